The molecule has 164 valence electrons. The fraction of sp³-hybridized carbons (Fsp3) is 0.391. The Hall–Kier alpha value is -3.26. The van der Waals surface area contributed by atoms with E-state index in [9.17, 15) is 4.79 Å². The number of oxime groups is 1. The molecule has 0 spiro atoms. The van der Waals surface area contributed by atoms with E-state index in [2.05, 4.69) is 5.16 Å². The highest BCUT2D eigenvalue weighted by molar-refractivity contribution is 6.03. The van der Waals surface area contributed by atoms with Crippen LogP contribution in [0.15, 0.2) is 47.6 Å². The smallest absolute Gasteiger partial charge is 0.219 e. The molecule has 2 aliphatic rings. The molecule has 1 saturated heterocycles. The number of morpholine rings is 1. The largest absolute Gasteiger partial charge is 0.497 e. The fourth-order valence-electron chi connectivity index (χ4n) is 3.45. The first-order chi connectivity index (χ1) is 15.1. The van der Waals surface area contributed by atoms with Crippen LogP contribution in [-0.2, 0) is 21.0 Å². The van der Waals surface area contributed by atoms with Gasteiger partial charge < -0.3 is 28.7 Å². The number of carbonyl (C=O) groups excluding carboxylic acids is 1. The summed E-state index contributed by atoms with van der Waals surface area (Å²) in [6.45, 7) is 3.87. The summed E-state index contributed by atoms with van der Waals surface area (Å²) in [4.78, 5) is 18.9. The Balaban J connectivity index is 1.39. The van der Waals surface area contributed by atoms with E-state index in [-0.39, 0.29) is 5.91 Å². The minimum Gasteiger partial charge on any atom is -0.497 e. The quantitative estimate of drug-likeness (QED) is 0.661. The number of hydrogen-bond donors (Lipinski definition) is 0. The monoisotopic (exact) mass is 426 g/mol. The van der Waals surface area contributed by atoms with Crippen LogP contribution in [0.4, 0.5) is 0 Å². The number of ether oxygens (including phenoxy) is 4. The van der Waals surface area contributed by atoms with Gasteiger partial charge in [0.15, 0.2) is 0 Å². The number of hydrogen-bond acceptors (Lipinski definition) is 7. The first kappa shape index (κ1) is 21.0. The van der Waals surface area contributed by atoms with Gasteiger partial charge in [-0.3, -0.25) is 4.79 Å². The highest BCUT2D eigenvalue weighted by Gasteiger charge is 2.24. The van der Waals surface area contributed by atoms with Crippen molar-refractivity contribution in [1.29, 1.82) is 0 Å². The van der Waals surface area contributed by atoms with E-state index in [1.807, 2.05) is 42.5 Å². The van der Waals surface area contributed by atoms with E-state index in [0.29, 0.717) is 50.8 Å². The van der Waals surface area contributed by atoms with Crippen molar-refractivity contribution in [3.05, 3.63) is 53.6 Å². The van der Waals surface area contributed by atoms with Crippen LogP contribution in [0.2, 0.25) is 0 Å². The Morgan fingerprint density at radius 1 is 1.16 bits per heavy atom. The maximum absolute atomic E-state index is 11.6. The van der Waals surface area contributed by atoms with E-state index in [0.717, 1.165) is 22.6 Å². The van der Waals surface area contributed by atoms with Gasteiger partial charge in [0.25, 0.3) is 0 Å². The molecule has 0 aliphatic carbocycles. The standard InChI is InChI=1S/C23H26N2O6/c1-16(26)25-10-12-29-23(14-25)31-19-7-8-20-21(9-11-28-22(20)13-19)24-30-15-17-3-5-18(27-2)6-4-17/h3-8,13,23H,9-12,14-15H2,1-2H3/b24-21+. The molecule has 2 aliphatic heterocycles. The van der Waals surface area contributed by atoms with Crippen molar-refractivity contribution in [1.82, 2.24) is 4.90 Å². The molecule has 2 heterocycles. The number of nitrogens with zero attached hydrogens (tertiary/aromatic N) is 2. The minimum atomic E-state index is -0.500. The molecule has 0 saturated carbocycles. The Labute approximate surface area is 181 Å². The molecule has 0 radical (unpaired) electrons. The Morgan fingerprint density at radius 3 is 2.74 bits per heavy atom. The van der Waals surface area contributed by atoms with Crippen LogP contribution < -0.4 is 14.2 Å². The third kappa shape index (κ3) is 5.27. The first-order valence-electron chi connectivity index (χ1n) is 10.2. The third-order valence-corrected chi connectivity index (χ3v) is 5.17. The van der Waals surface area contributed by atoms with Gasteiger partial charge >= 0.3 is 0 Å². The van der Waals surface area contributed by atoms with Crippen molar-refractivity contribution < 1.29 is 28.6 Å². The number of carbonyl (C=O) groups is 1. The zero-order valence-electron chi connectivity index (χ0n) is 17.7. The number of amides is 1. The molecule has 8 heteroatoms. The third-order valence-electron chi connectivity index (χ3n) is 5.17. The first-order valence-corrected chi connectivity index (χ1v) is 10.2. The summed E-state index contributed by atoms with van der Waals surface area (Å²) in [5.41, 5.74) is 2.72. The van der Waals surface area contributed by atoms with Gasteiger partial charge in [0.1, 0.15) is 23.9 Å². The highest BCUT2D eigenvalue weighted by Crippen LogP contribution is 2.30. The summed E-state index contributed by atoms with van der Waals surface area (Å²) in [5.74, 6) is 2.13. The average Bonchev–Trinajstić information content (AvgIpc) is 2.79. The predicted octanol–water partition coefficient (Wildman–Crippen LogP) is 2.98. The lowest BCUT2D eigenvalue weighted by molar-refractivity contribution is -0.155. The Morgan fingerprint density at radius 2 is 1.97 bits per heavy atom. The van der Waals surface area contributed by atoms with Crippen molar-refractivity contribution in [2.45, 2.75) is 26.2 Å². The van der Waals surface area contributed by atoms with Crippen LogP contribution in [0.3, 0.4) is 0 Å². The summed E-state index contributed by atoms with van der Waals surface area (Å²) in [6, 6.07) is 13.3. The van der Waals surface area contributed by atoms with Gasteiger partial charge in [-0.25, -0.2) is 0 Å². The highest BCUT2D eigenvalue weighted by atomic mass is 16.7. The predicted molar refractivity (Wildman–Crippen MR) is 113 cm³/mol. The SMILES string of the molecule is COc1ccc(CO/N=C2\CCOc3cc(OC4CN(C(C)=O)CCO4)ccc32)cc1. The molecule has 31 heavy (non-hydrogen) atoms. The van der Waals surface area contributed by atoms with Crippen LogP contribution in [-0.4, -0.2) is 56.2 Å². The van der Waals surface area contributed by atoms with Crippen LogP contribution in [0.25, 0.3) is 0 Å². The van der Waals surface area contributed by atoms with E-state index >= 15 is 0 Å². The molecule has 1 amide bonds. The summed E-state index contributed by atoms with van der Waals surface area (Å²) in [6.07, 6.45) is 0.162. The molecule has 2 aromatic rings. The normalized spacial score (nSPS) is 19.4. The van der Waals surface area contributed by atoms with Gasteiger partial charge in [-0.15, -0.1) is 0 Å². The number of fused-ring (bicyclic) bond motifs is 1. The van der Waals surface area contributed by atoms with Gasteiger partial charge in [-0.1, -0.05) is 17.3 Å². The lowest BCUT2D eigenvalue weighted by atomic mass is 10.0. The van der Waals surface area contributed by atoms with Crippen LogP contribution >= 0.6 is 0 Å². The zero-order valence-corrected chi connectivity index (χ0v) is 17.7. The Kier molecular flexibility index (Phi) is 6.57. The van der Waals surface area contributed by atoms with Crippen LogP contribution in [0.1, 0.15) is 24.5 Å². The van der Waals surface area contributed by atoms with E-state index in [1.54, 1.807) is 18.9 Å². The molecule has 1 atom stereocenters. The molecule has 4 rings (SSSR count). The van der Waals surface area contributed by atoms with Crippen molar-refractivity contribution in [3.8, 4) is 17.2 Å². The topological polar surface area (TPSA) is 78.8 Å². The Bertz CT molecular complexity index is 944. The van der Waals surface area contributed by atoms with Gasteiger partial charge in [-0.2, -0.15) is 0 Å². The van der Waals surface area contributed by atoms with Crippen molar-refractivity contribution in [3.63, 3.8) is 0 Å². The summed E-state index contributed by atoms with van der Waals surface area (Å²) in [5, 5.41) is 4.33. The number of methoxy groups -OCH3 is 1. The summed E-state index contributed by atoms with van der Waals surface area (Å²) < 4.78 is 22.5. The van der Waals surface area contributed by atoms with Gasteiger partial charge in [0, 0.05) is 31.5 Å². The van der Waals surface area contributed by atoms with E-state index in [1.165, 1.54) is 0 Å². The van der Waals surface area contributed by atoms with Crippen LogP contribution in [0, 0.1) is 0 Å². The van der Waals surface area contributed by atoms with Gasteiger partial charge in [0.2, 0.25) is 12.2 Å². The van der Waals surface area contributed by atoms with Crippen LogP contribution in [0.5, 0.6) is 17.2 Å². The van der Waals surface area contributed by atoms with E-state index < -0.39 is 6.29 Å². The minimum absolute atomic E-state index is 0.0150. The van der Waals surface area contributed by atoms with E-state index in [4.69, 9.17) is 23.8 Å². The lowest BCUT2D eigenvalue weighted by Crippen LogP contribution is -2.46. The molecule has 0 N–H and O–H groups in total. The van der Waals surface area contributed by atoms with Crippen molar-refractivity contribution >= 4 is 11.6 Å². The second-order valence-electron chi connectivity index (χ2n) is 7.30. The summed E-state index contributed by atoms with van der Waals surface area (Å²) >= 11 is 0. The molecular weight excluding hydrogens is 400 g/mol. The molecule has 0 bridgehead atoms. The zero-order chi connectivity index (χ0) is 21.6. The second-order valence-corrected chi connectivity index (χ2v) is 7.30. The second kappa shape index (κ2) is 9.70. The number of rotatable bonds is 6. The molecule has 8 nitrogen and oxygen atoms in total. The molecule has 2 aromatic carbocycles. The van der Waals surface area contributed by atoms with Gasteiger partial charge in [-0.05, 0) is 29.8 Å². The molecular formula is C23H26N2O6. The molecule has 1 fully saturated rings. The van der Waals surface area contributed by atoms with Gasteiger partial charge in [0.05, 0.1) is 32.6 Å². The van der Waals surface area contributed by atoms with Crippen molar-refractivity contribution in [2.75, 3.05) is 33.4 Å². The average molecular weight is 426 g/mol. The lowest BCUT2D eigenvalue weighted by Gasteiger charge is -2.32. The summed E-state index contributed by atoms with van der Waals surface area (Å²) in [7, 11) is 1.64. The maximum Gasteiger partial charge on any atom is 0.219 e. The fourth-order valence-corrected chi connectivity index (χ4v) is 3.45. The maximum atomic E-state index is 11.6. The molecule has 1 unspecified atom stereocenters. The number of benzene rings is 2. The van der Waals surface area contributed by atoms with Crippen molar-refractivity contribution in [2.24, 2.45) is 5.16 Å². The molecule has 0 aromatic heterocycles.